The maximum atomic E-state index is 11.7. The minimum absolute atomic E-state index is 0.197. The number of rotatable bonds is 3. The van der Waals surface area contributed by atoms with Gasteiger partial charge >= 0.3 is 0 Å². The highest BCUT2D eigenvalue weighted by Crippen LogP contribution is 2.10. The monoisotopic (exact) mass is 258 g/mol. The smallest absolute Gasteiger partial charge is 0.271 e. The molecule has 0 saturated heterocycles. The molecule has 0 bridgehead atoms. The molecule has 2 aromatic rings. The van der Waals surface area contributed by atoms with Crippen molar-refractivity contribution >= 4 is 17.2 Å². The summed E-state index contributed by atoms with van der Waals surface area (Å²) < 4.78 is 0. The number of carbonyl (C=O) groups is 1. The van der Waals surface area contributed by atoms with Crippen molar-refractivity contribution in [1.82, 2.24) is 10.3 Å². The van der Waals surface area contributed by atoms with E-state index in [-0.39, 0.29) is 11.7 Å². The Morgan fingerprint density at radius 1 is 1.44 bits per heavy atom. The summed E-state index contributed by atoms with van der Waals surface area (Å²) >= 11 is 1.26. The molecule has 4 nitrogen and oxygen atoms in total. The zero-order chi connectivity index (χ0) is 13.0. The molecule has 0 aliphatic carbocycles. The van der Waals surface area contributed by atoms with Gasteiger partial charge in [0.05, 0.1) is 0 Å². The van der Waals surface area contributed by atoms with Crippen LogP contribution in [0.4, 0.5) is 0 Å². The largest absolute Gasteiger partial charge is 0.508 e. The molecule has 90 valence electrons. The standard InChI is InChI=1S/C13H10N2O2S/c1-2-12-15-11(8-18-12)13(17)14-7-9-3-5-10(16)6-4-9/h1,3-6,8,16H,7H2,(H,14,17). The third-order valence-electron chi connectivity index (χ3n) is 2.25. The number of thiazole rings is 1. The van der Waals surface area contributed by atoms with E-state index >= 15 is 0 Å². The first kappa shape index (κ1) is 12.1. The Labute approximate surface area is 108 Å². The Morgan fingerprint density at radius 2 is 2.17 bits per heavy atom. The van der Waals surface area contributed by atoms with Gasteiger partial charge in [-0.05, 0) is 23.6 Å². The zero-order valence-electron chi connectivity index (χ0n) is 9.38. The van der Waals surface area contributed by atoms with Gasteiger partial charge in [0.1, 0.15) is 11.4 Å². The lowest BCUT2D eigenvalue weighted by Gasteiger charge is -2.03. The van der Waals surface area contributed by atoms with Crippen molar-refractivity contribution < 1.29 is 9.90 Å². The normalized spacial score (nSPS) is 9.72. The second kappa shape index (κ2) is 5.34. The molecule has 0 fully saturated rings. The van der Waals surface area contributed by atoms with Crippen LogP contribution >= 0.6 is 11.3 Å². The van der Waals surface area contributed by atoms with Crippen LogP contribution in [0.15, 0.2) is 29.6 Å². The van der Waals surface area contributed by atoms with Gasteiger partial charge in [-0.1, -0.05) is 12.1 Å². The maximum Gasteiger partial charge on any atom is 0.271 e. The van der Waals surface area contributed by atoms with Gasteiger partial charge in [0.2, 0.25) is 0 Å². The third-order valence-corrected chi connectivity index (χ3v) is 3.02. The lowest BCUT2D eigenvalue weighted by atomic mass is 10.2. The Kier molecular flexibility index (Phi) is 3.60. The number of nitrogens with zero attached hydrogens (tertiary/aromatic N) is 1. The second-order valence-electron chi connectivity index (χ2n) is 3.53. The van der Waals surface area contributed by atoms with Crippen molar-refractivity contribution in [3.8, 4) is 18.1 Å². The van der Waals surface area contributed by atoms with Gasteiger partial charge in [-0.3, -0.25) is 4.79 Å². The molecule has 0 atom stereocenters. The molecule has 0 saturated carbocycles. The van der Waals surface area contributed by atoms with Crippen molar-refractivity contribution in [2.24, 2.45) is 0 Å². The van der Waals surface area contributed by atoms with Crippen molar-refractivity contribution in [3.05, 3.63) is 45.9 Å². The molecule has 0 radical (unpaired) electrons. The van der Waals surface area contributed by atoms with Crippen LogP contribution in [0.3, 0.4) is 0 Å². The molecule has 2 rings (SSSR count). The van der Waals surface area contributed by atoms with E-state index in [0.29, 0.717) is 17.2 Å². The van der Waals surface area contributed by atoms with Gasteiger partial charge in [0, 0.05) is 11.9 Å². The first-order valence-electron chi connectivity index (χ1n) is 5.17. The van der Waals surface area contributed by atoms with Crippen LogP contribution in [-0.4, -0.2) is 16.0 Å². The Balaban J connectivity index is 1.96. The summed E-state index contributed by atoms with van der Waals surface area (Å²) in [4.78, 5) is 15.7. The number of terminal acetylenes is 1. The van der Waals surface area contributed by atoms with E-state index in [1.165, 1.54) is 11.3 Å². The molecule has 0 unspecified atom stereocenters. The number of phenols is 1. The van der Waals surface area contributed by atoms with Gasteiger partial charge in [0.25, 0.3) is 5.91 Å². The molecular weight excluding hydrogens is 248 g/mol. The lowest BCUT2D eigenvalue weighted by Crippen LogP contribution is -2.23. The van der Waals surface area contributed by atoms with Gasteiger partial charge in [0.15, 0.2) is 5.01 Å². The Morgan fingerprint density at radius 3 is 2.78 bits per heavy atom. The number of carbonyl (C=O) groups excluding carboxylic acids is 1. The van der Waals surface area contributed by atoms with Gasteiger partial charge in [-0.2, -0.15) is 0 Å². The van der Waals surface area contributed by atoms with E-state index < -0.39 is 0 Å². The predicted octanol–water partition coefficient (Wildman–Crippen LogP) is 1.76. The molecule has 0 aliphatic heterocycles. The van der Waals surface area contributed by atoms with Gasteiger partial charge in [-0.25, -0.2) is 4.98 Å². The molecule has 1 heterocycles. The van der Waals surface area contributed by atoms with Crippen LogP contribution in [0.5, 0.6) is 5.75 Å². The molecule has 1 amide bonds. The summed E-state index contributed by atoms with van der Waals surface area (Å²) in [7, 11) is 0. The van der Waals surface area contributed by atoms with Crippen molar-refractivity contribution in [3.63, 3.8) is 0 Å². The van der Waals surface area contributed by atoms with Gasteiger partial charge in [-0.15, -0.1) is 17.8 Å². The fourth-order valence-electron chi connectivity index (χ4n) is 1.33. The average Bonchev–Trinajstić information content (AvgIpc) is 2.86. The average molecular weight is 258 g/mol. The van der Waals surface area contributed by atoms with Crippen LogP contribution in [0.25, 0.3) is 0 Å². The summed E-state index contributed by atoms with van der Waals surface area (Å²) in [5, 5.41) is 14.0. The number of amides is 1. The fourth-order valence-corrected chi connectivity index (χ4v) is 1.93. The van der Waals surface area contributed by atoms with Crippen molar-refractivity contribution in [2.75, 3.05) is 0 Å². The van der Waals surface area contributed by atoms with E-state index in [1.807, 2.05) is 0 Å². The Bertz CT molecular complexity index is 596. The third kappa shape index (κ3) is 2.87. The second-order valence-corrected chi connectivity index (χ2v) is 4.39. The molecule has 5 heteroatoms. The maximum absolute atomic E-state index is 11.7. The molecule has 1 aromatic heterocycles. The summed E-state index contributed by atoms with van der Waals surface area (Å²) in [6, 6.07) is 6.62. The highest BCUT2D eigenvalue weighted by molar-refractivity contribution is 7.10. The summed E-state index contributed by atoms with van der Waals surface area (Å²) in [5.41, 5.74) is 1.22. The van der Waals surface area contributed by atoms with E-state index in [9.17, 15) is 4.79 Å². The number of nitrogens with one attached hydrogen (secondary N) is 1. The van der Waals surface area contributed by atoms with Gasteiger partial charge < -0.3 is 10.4 Å². The summed E-state index contributed by atoms with van der Waals surface area (Å²) in [6.45, 7) is 0.377. The van der Waals surface area contributed by atoms with Crippen LogP contribution in [0, 0.1) is 12.3 Å². The highest BCUT2D eigenvalue weighted by Gasteiger charge is 2.09. The highest BCUT2D eigenvalue weighted by atomic mass is 32.1. The Hall–Kier alpha value is -2.32. The predicted molar refractivity (Wildman–Crippen MR) is 69.3 cm³/mol. The van der Waals surface area contributed by atoms with Crippen LogP contribution in [0.1, 0.15) is 21.1 Å². The number of phenolic OH excluding ortho intramolecular Hbond substituents is 1. The molecule has 2 N–H and O–H groups in total. The molecular formula is C13H10N2O2S. The zero-order valence-corrected chi connectivity index (χ0v) is 10.2. The number of hydrogen-bond donors (Lipinski definition) is 2. The minimum Gasteiger partial charge on any atom is -0.508 e. The summed E-state index contributed by atoms with van der Waals surface area (Å²) in [5.74, 6) is 2.32. The number of aromatic nitrogens is 1. The van der Waals surface area contributed by atoms with Crippen LogP contribution in [-0.2, 0) is 6.54 Å². The number of benzene rings is 1. The van der Waals surface area contributed by atoms with Crippen LogP contribution < -0.4 is 5.32 Å². The van der Waals surface area contributed by atoms with E-state index in [4.69, 9.17) is 11.5 Å². The molecule has 0 aliphatic rings. The quantitative estimate of drug-likeness (QED) is 0.825. The van der Waals surface area contributed by atoms with Crippen LogP contribution in [0.2, 0.25) is 0 Å². The summed E-state index contributed by atoms with van der Waals surface area (Å²) in [6.07, 6.45) is 5.19. The number of aromatic hydroxyl groups is 1. The first-order valence-corrected chi connectivity index (χ1v) is 6.05. The van der Waals surface area contributed by atoms with Crippen molar-refractivity contribution in [1.29, 1.82) is 0 Å². The SMILES string of the molecule is C#Cc1nc(C(=O)NCc2ccc(O)cc2)cs1. The number of hydrogen-bond acceptors (Lipinski definition) is 4. The fraction of sp³-hybridized carbons (Fsp3) is 0.0769. The van der Waals surface area contributed by atoms with Crippen molar-refractivity contribution in [2.45, 2.75) is 6.54 Å². The molecule has 0 spiro atoms. The minimum atomic E-state index is -0.263. The molecule has 1 aromatic carbocycles. The van der Waals surface area contributed by atoms with E-state index in [0.717, 1.165) is 5.56 Å². The van der Waals surface area contributed by atoms with E-state index in [1.54, 1.807) is 29.6 Å². The topological polar surface area (TPSA) is 62.2 Å². The molecule has 18 heavy (non-hydrogen) atoms. The van der Waals surface area contributed by atoms with E-state index in [2.05, 4.69) is 16.2 Å². The first-order chi connectivity index (χ1) is 8.69. The lowest BCUT2D eigenvalue weighted by molar-refractivity contribution is 0.0946.